The molecule has 5 rings (SSSR count). The second-order valence-corrected chi connectivity index (χ2v) is 8.77. The third-order valence-electron chi connectivity index (χ3n) is 6.96. The molecule has 7 heteroatoms. The highest BCUT2D eigenvalue weighted by atomic mass is 16.2. The Kier molecular flexibility index (Phi) is 4.87. The molecule has 0 saturated carbocycles. The number of carbonyl (C=O) groups excluding carboxylic acids is 3. The van der Waals surface area contributed by atoms with Gasteiger partial charge in [0.05, 0.1) is 0 Å². The Morgan fingerprint density at radius 3 is 2.83 bits per heavy atom. The van der Waals surface area contributed by atoms with Crippen LogP contribution in [0.2, 0.25) is 0 Å². The van der Waals surface area contributed by atoms with Crippen molar-refractivity contribution in [2.75, 3.05) is 13.1 Å². The van der Waals surface area contributed by atoms with Gasteiger partial charge in [0.2, 0.25) is 11.8 Å². The molecule has 4 aliphatic rings. The van der Waals surface area contributed by atoms with Crippen LogP contribution in [0, 0.1) is 0 Å². The van der Waals surface area contributed by atoms with Gasteiger partial charge in [-0.15, -0.1) is 0 Å². The standard InChI is InChI=1S/C22H28N4O3/c27-20-8-7-19(21(28)24-20)26-13-15-6-5-14(11-16(15)22(26)29)12-25-10-2-3-17-18(25)4-1-9-23-17/h5-6,11,17-19,23H,1-4,7-10,12-13H2,(H,24,27,28). The Balaban J connectivity index is 1.31. The van der Waals surface area contributed by atoms with E-state index in [0.717, 1.165) is 30.8 Å². The fourth-order valence-corrected chi connectivity index (χ4v) is 5.48. The van der Waals surface area contributed by atoms with Gasteiger partial charge < -0.3 is 10.2 Å². The average Bonchev–Trinajstić information content (AvgIpc) is 3.04. The van der Waals surface area contributed by atoms with E-state index < -0.39 is 6.04 Å². The maximum Gasteiger partial charge on any atom is 0.255 e. The van der Waals surface area contributed by atoms with Gasteiger partial charge in [-0.3, -0.25) is 24.6 Å². The molecule has 3 amide bonds. The van der Waals surface area contributed by atoms with Crippen LogP contribution >= 0.6 is 0 Å². The highest BCUT2D eigenvalue weighted by Crippen LogP contribution is 2.30. The van der Waals surface area contributed by atoms with Crippen molar-refractivity contribution in [1.29, 1.82) is 0 Å². The molecule has 3 saturated heterocycles. The van der Waals surface area contributed by atoms with Crippen molar-refractivity contribution < 1.29 is 14.4 Å². The van der Waals surface area contributed by atoms with Crippen LogP contribution in [0.3, 0.4) is 0 Å². The molecule has 3 fully saturated rings. The first kappa shape index (κ1) is 18.8. The molecule has 7 nitrogen and oxygen atoms in total. The number of nitrogens with one attached hydrogen (secondary N) is 2. The van der Waals surface area contributed by atoms with Crippen molar-refractivity contribution in [3.05, 3.63) is 34.9 Å². The van der Waals surface area contributed by atoms with E-state index in [-0.39, 0.29) is 24.1 Å². The number of fused-ring (bicyclic) bond motifs is 2. The molecule has 0 spiro atoms. The minimum Gasteiger partial charge on any atom is -0.322 e. The van der Waals surface area contributed by atoms with Gasteiger partial charge in [-0.25, -0.2) is 0 Å². The van der Waals surface area contributed by atoms with E-state index >= 15 is 0 Å². The molecule has 0 aromatic heterocycles. The van der Waals surface area contributed by atoms with Crippen LogP contribution in [0.15, 0.2) is 18.2 Å². The highest BCUT2D eigenvalue weighted by Gasteiger charge is 2.39. The molecule has 4 aliphatic heterocycles. The number of carbonyl (C=O) groups is 3. The number of nitrogens with zero attached hydrogens (tertiary/aromatic N) is 2. The van der Waals surface area contributed by atoms with E-state index in [2.05, 4.69) is 21.6 Å². The second-order valence-electron chi connectivity index (χ2n) is 8.77. The van der Waals surface area contributed by atoms with Gasteiger partial charge in [-0.05, 0) is 62.4 Å². The molecule has 0 radical (unpaired) electrons. The number of rotatable bonds is 3. The molecular weight excluding hydrogens is 368 g/mol. The van der Waals surface area contributed by atoms with Crippen LogP contribution in [0.25, 0.3) is 0 Å². The molecule has 154 valence electrons. The van der Waals surface area contributed by atoms with E-state index in [0.29, 0.717) is 30.6 Å². The van der Waals surface area contributed by atoms with Crippen molar-refractivity contribution in [1.82, 2.24) is 20.4 Å². The predicted octanol–water partition coefficient (Wildman–Crippen LogP) is 1.16. The first-order valence-electron chi connectivity index (χ1n) is 10.8. The minimum absolute atomic E-state index is 0.0906. The van der Waals surface area contributed by atoms with Gasteiger partial charge >= 0.3 is 0 Å². The van der Waals surface area contributed by atoms with Crippen molar-refractivity contribution >= 4 is 17.7 Å². The van der Waals surface area contributed by atoms with Gasteiger partial charge in [-0.2, -0.15) is 0 Å². The maximum atomic E-state index is 13.0. The van der Waals surface area contributed by atoms with Gasteiger partial charge in [0.15, 0.2) is 0 Å². The Morgan fingerprint density at radius 1 is 1.07 bits per heavy atom. The lowest BCUT2D eigenvalue weighted by molar-refractivity contribution is -0.136. The number of imide groups is 1. The maximum absolute atomic E-state index is 13.0. The Labute approximate surface area is 170 Å². The largest absolute Gasteiger partial charge is 0.322 e. The van der Waals surface area contributed by atoms with E-state index in [1.165, 1.54) is 25.7 Å². The molecule has 3 atom stereocenters. The zero-order valence-corrected chi connectivity index (χ0v) is 16.7. The number of piperidine rings is 3. The SMILES string of the molecule is O=C1CCC(N2Cc3ccc(CN4CCCC5NCCCC54)cc3C2=O)C(=O)N1. The smallest absolute Gasteiger partial charge is 0.255 e. The van der Waals surface area contributed by atoms with E-state index in [1.807, 2.05) is 12.1 Å². The average molecular weight is 396 g/mol. The summed E-state index contributed by atoms with van der Waals surface area (Å²) in [6.45, 7) is 3.54. The topological polar surface area (TPSA) is 81.8 Å². The molecule has 1 aromatic rings. The van der Waals surface area contributed by atoms with Crippen LogP contribution < -0.4 is 10.6 Å². The fraction of sp³-hybridized carbons (Fsp3) is 0.591. The number of amides is 3. The van der Waals surface area contributed by atoms with Crippen molar-refractivity contribution in [2.45, 2.75) is 69.7 Å². The highest BCUT2D eigenvalue weighted by molar-refractivity contribution is 6.05. The molecule has 0 aliphatic carbocycles. The summed E-state index contributed by atoms with van der Waals surface area (Å²) in [5.74, 6) is -0.700. The third-order valence-corrected chi connectivity index (χ3v) is 6.96. The van der Waals surface area contributed by atoms with Gasteiger partial charge in [0.25, 0.3) is 5.91 Å². The summed E-state index contributed by atoms with van der Waals surface area (Å²) >= 11 is 0. The van der Waals surface area contributed by atoms with Gasteiger partial charge in [-0.1, -0.05) is 12.1 Å². The number of hydrogen-bond acceptors (Lipinski definition) is 5. The van der Waals surface area contributed by atoms with E-state index in [1.54, 1.807) is 4.90 Å². The summed E-state index contributed by atoms with van der Waals surface area (Å²) < 4.78 is 0. The number of hydrogen-bond donors (Lipinski definition) is 2. The molecule has 3 unspecified atom stereocenters. The summed E-state index contributed by atoms with van der Waals surface area (Å²) in [5, 5.41) is 6.03. The lowest BCUT2D eigenvalue weighted by atomic mass is 9.89. The van der Waals surface area contributed by atoms with Crippen molar-refractivity contribution in [3.63, 3.8) is 0 Å². The van der Waals surface area contributed by atoms with Crippen LogP contribution in [0.4, 0.5) is 0 Å². The first-order valence-corrected chi connectivity index (χ1v) is 10.8. The van der Waals surface area contributed by atoms with Gasteiger partial charge in [0.1, 0.15) is 6.04 Å². The molecule has 4 heterocycles. The predicted molar refractivity (Wildman–Crippen MR) is 107 cm³/mol. The van der Waals surface area contributed by atoms with Crippen LogP contribution in [-0.4, -0.2) is 58.7 Å². The Bertz CT molecular complexity index is 852. The molecule has 2 N–H and O–H groups in total. The lowest BCUT2D eigenvalue weighted by Crippen LogP contribution is -2.56. The molecule has 1 aromatic carbocycles. The van der Waals surface area contributed by atoms with E-state index in [9.17, 15) is 14.4 Å². The number of likely N-dealkylation sites (tertiary alicyclic amines) is 1. The summed E-state index contributed by atoms with van der Waals surface area (Å²) in [5.41, 5.74) is 2.84. The first-order chi connectivity index (χ1) is 14.1. The van der Waals surface area contributed by atoms with Crippen LogP contribution in [0.5, 0.6) is 0 Å². The summed E-state index contributed by atoms with van der Waals surface area (Å²) in [4.78, 5) is 40.9. The molecular formula is C22H28N4O3. The number of benzene rings is 1. The second kappa shape index (κ2) is 7.54. The minimum atomic E-state index is -0.549. The summed E-state index contributed by atoms with van der Waals surface area (Å²) in [7, 11) is 0. The fourth-order valence-electron chi connectivity index (χ4n) is 5.48. The zero-order chi connectivity index (χ0) is 20.0. The normalized spacial score (nSPS) is 30.1. The van der Waals surface area contributed by atoms with Crippen LogP contribution in [0.1, 0.15) is 60.0 Å². The van der Waals surface area contributed by atoms with Crippen LogP contribution in [-0.2, 0) is 22.7 Å². The Morgan fingerprint density at radius 2 is 1.97 bits per heavy atom. The summed E-state index contributed by atoms with van der Waals surface area (Å²) in [6.07, 6.45) is 5.62. The lowest BCUT2D eigenvalue weighted by Gasteiger charge is -2.44. The quantitative estimate of drug-likeness (QED) is 0.750. The summed E-state index contributed by atoms with van der Waals surface area (Å²) in [6, 6.07) is 6.81. The van der Waals surface area contributed by atoms with Crippen molar-refractivity contribution in [2.24, 2.45) is 0 Å². The zero-order valence-electron chi connectivity index (χ0n) is 16.7. The van der Waals surface area contributed by atoms with E-state index in [4.69, 9.17) is 0 Å². The Hall–Kier alpha value is -2.25. The van der Waals surface area contributed by atoms with Crippen molar-refractivity contribution in [3.8, 4) is 0 Å². The monoisotopic (exact) mass is 396 g/mol. The van der Waals surface area contributed by atoms with Gasteiger partial charge in [0, 0.05) is 37.2 Å². The molecule has 29 heavy (non-hydrogen) atoms. The molecule has 0 bridgehead atoms. The third kappa shape index (κ3) is 3.46.